The van der Waals surface area contributed by atoms with E-state index >= 15 is 4.39 Å². The highest BCUT2D eigenvalue weighted by Crippen LogP contribution is 2.52. The lowest BCUT2D eigenvalue weighted by Crippen LogP contribution is -2.72. The Morgan fingerprint density at radius 1 is 0.679 bits per heavy atom. The number of rotatable bonds is 7. The number of pyridine rings is 2. The van der Waals surface area contributed by atoms with Crippen LogP contribution in [0.15, 0.2) is 48.5 Å². The largest absolute Gasteiger partial charge is 0.481 e. The molecule has 2 spiro atoms. The Balaban J connectivity index is 0.909. The molecule has 0 unspecified atom stereocenters. The highest BCUT2D eigenvalue weighted by Gasteiger charge is 2.56. The summed E-state index contributed by atoms with van der Waals surface area (Å²) in [5.74, 6) is 1.04. The minimum atomic E-state index is -0.396. The van der Waals surface area contributed by atoms with Gasteiger partial charge >= 0.3 is 0 Å². The van der Waals surface area contributed by atoms with Gasteiger partial charge in [-0.15, -0.1) is 0 Å². The van der Waals surface area contributed by atoms with Crippen LogP contribution in [0, 0.1) is 16.6 Å². The number of fused-ring (bicyclic) bond motifs is 2. The number of likely N-dealkylation sites (tertiary alicyclic amines) is 4. The van der Waals surface area contributed by atoms with Crippen LogP contribution in [-0.4, -0.2) is 108 Å². The number of hydrogen-bond donors (Lipinski definition) is 0. The summed E-state index contributed by atoms with van der Waals surface area (Å²) in [5.41, 5.74) is 8.29. The number of aromatic nitrogens is 2. The second-order valence-electron chi connectivity index (χ2n) is 17.2. The number of hydrogen-bond acceptors (Lipinski definition) is 8. The Bertz CT molecular complexity index is 2150. The molecule has 2 aromatic heterocycles. The number of methoxy groups -OCH3 is 2. The summed E-state index contributed by atoms with van der Waals surface area (Å²) in [4.78, 5) is 42.3. The highest BCUT2D eigenvalue weighted by molar-refractivity contribution is 6.36. The molecule has 10 nitrogen and oxygen atoms in total. The molecule has 0 N–H and O–H groups in total. The number of ether oxygens (including phenoxy) is 2. The van der Waals surface area contributed by atoms with E-state index in [4.69, 9.17) is 31.0 Å². The van der Waals surface area contributed by atoms with Gasteiger partial charge in [-0.25, -0.2) is 14.4 Å². The number of aryl methyl sites for hydroxylation is 2. The van der Waals surface area contributed by atoms with Crippen molar-refractivity contribution in [2.24, 2.45) is 10.8 Å². The van der Waals surface area contributed by atoms with Gasteiger partial charge < -0.3 is 19.3 Å². The number of carbonyl (C=O) groups excluding carboxylic acids is 2. The average Bonchev–Trinajstić information content (AvgIpc) is 3.73. The molecule has 2 aliphatic carbocycles. The van der Waals surface area contributed by atoms with E-state index < -0.39 is 5.82 Å². The zero-order valence-electron chi connectivity index (χ0n) is 32.3. The number of halogens is 2. The molecule has 6 heterocycles. The smallest absolute Gasteiger partial charge is 0.219 e. The zero-order chi connectivity index (χ0) is 38.7. The van der Waals surface area contributed by atoms with E-state index in [2.05, 4.69) is 15.9 Å². The van der Waals surface area contributed by atoms with Gasteiger partial charge in [-0.2, -0.15) is 0 Å². The Labute approximate surface area is 331 Å². The van der Waals surface area contributed by atoms with E-state index in [-0.39, 0.29) is 34.7 Å². The second-order valence-corrected chi connectivity index (χ2v) is 17.6. The van der Waals surface area contributed by atoms with Crippen LogP contribution in [0.25, 0.3) is 33.6 Å². The molecule has 0 bridgehead atoms. The molecule has 290 valence electrons. The lowest BCUT2D eigenvalue weighted by Gasteiger charge is -2.61. The van der Waals surface area contributed by atoms with Gasteiger partial charge in [0.2, 0.25) is 23.6 Å². The maximum Gasteiger partial charge on any atom is 0.219 e. The van der Waals surface area contributed by atoms with Gasteiger partial charge in [0.15, 0.2) is 0 Å². The molecular weight excluding hydrogens is 731 g/mol. The van der Waals surface area contributed by atoms with Crippen LogP contribution in [0.5, 0.6) is 11.8 Å². The molecule has 4 aromatic rings. The molecule has 2 atom stereocenters. The Kier molecular flexibility index (Phi) is 8.30. The average molecular weight is 777 g/mol. The Hall–Kier alpha value is -4.58. The standard InChI is InChI=1S/C44H46ClFN6O4/c1-25(53)49-17-43(18-49)21-51(22-43)35-13-11-27-15-33(47-41(55-3)37(27)35)31-9-5-7-29(39(31)45)30-8-6-10-32(40(30)46)34-16-28-12-14-36(38(28)42(48-34)56-4)52-23-44(24-52)19-50(20-44)26(2)54/h5-10,15-16,35-36H,11-14,17-24H2,1-4H3/t35-,36+/m1/s1. The molecule has 0 saturated carbocycles. The van der Waals surface area contributed by atoms with Crippen molar-refractivity contribution in [1.29, 1.82) is 0 Å². The summed E-state index contributed by atoms with van der Waals surface area (Å²) >= 11 is 7.20. The van der Waals surface area contributed by atoms with Crippen LogP contribution in [0.4, 0.5) is 4.39 Å². The number of amides is 2. The van der Waals surface area contributed by atoms with E-state index in [0.29, 0.717) is 50.4 Å². The molecular formula is C44H46ClFN6O4. The van der Waals surface area contributed by atoms with Gasteiger partial charge in [0.1, 0.15) is 5.82 Å². The Morgan fingerprint density at radius 2 is 1.11 bits per heavy atom. The quantitative estimate of drug-likeness (QED) is 0.208. The van der Waals surface area contributed by atoms with Crippen LogP contribution in [0.3, 0.4) is 0 Å². The third-order valence-corrected chi connectivity index (χ3v) is 13.9. The first-order chi connectivity index (χ1) is 27.0. The van der Waals surface area contributed by atoms with Crippen LogP contribution < -0.4 is 9.47 Å². The predicted molar refractivity (Wildman–Crippen MR) is 211 cm³/mol. The minimum Gasteiger partial charge on any atom is -0.481 e. The molecule has 12 heteroatoms. The van der Waals surface area contributed by atoms with Crippen molar-refractivity contribution in [3.8, 4) is 45.4 Å². The van der Waals surface area contributed by atoms with E-state index in [1.54, 1.807) is 40.2 Å². The zero-order valence-corrected chi connectivity index (χ0v) is 33.1. The molecule has 6 aliphatic rings. The highest BCUT2D eigenvalue weighted by atomic mass is 35.5. The normalized spacial score (nSPS) is 22.9. The molecule has 0 radical (unpaired) electrons. The summed E-state index contributed by atoms with van der Waals surface area (Å²) in [6.07, 6.45) is 3.70. The van der Waals surface area contributed by atoms with Crippen molar-refractivity contribution in [1.82, 2.24) is 29.6 Å². The first-order valence-electron chi connectivity index (χ1n) is 19.7. The fourth-order valence-electron chi connectivity index (χ4n) is 10.8. The van der Waals surface area contributed by atoms with Gasteiger partial charge in [0.05, 0.1) is 30.6 Å². The molecule has 4 fully saturated rings. The molecule has 2 aromatic carbocycles. The first kappa shape index (κ1) is 35.8. The monoisotopic (exact) mass is 776 g/mol. The molecule has 4 saturated heterocycles. The molecule has 4 aliphatic heterocycles. The Morgan fingerprint density at radius 3 is 1.57 bits per heavy atom. The summed E-state index contributed by atoms with van der Waals surface area (Å²) in [5, 5.41) is 0.421. The minimum absolute atomic E-state index is 0.144. The van der Waals surface area contributed by atoms with Crippen molar-refractivity contribution in [2.45, 2.75) is 51.6 Å². The fourth-order valence-corrected chi connectivity index (χ4v) is 11.1. The summed E-state index contributed by atoms with van der Waals surface area (Å²) in [7, 11) is 3.30. The van der Waals surface area contributed by atoms with Crippen molar-refractivity contribution < 1.29 is 23.5 Å². The van der Waals surface area contributed by atoms with Gasteiger partial charge in [-0.05, 0) is 55.0 Å². The van der Waals surface area contributed by atoms with E-state index in [1.165, 1.54) is 5.56 Å². The van der Waals surface area contributed by atoms with E-state index in [9.17, 15) is 9.59 Å². The van der Waals surface area contributed by atoms with E-state index in [0.717, 1.165) is 94.7 Å². The van der Waals surface area contributed by atoms with Crippen LogP contribution in [0.2, 0.25) is 5.02 Å². The topological polar surface area (TPSA) is 91.3 Å². The lowest BCUT2D eigenvalue weighted by atomic mass is 9.72. The SMILES string of the molecule is COc1nc(-c2cccc(-c3cccc(-c4cc5c(c(OC)n4)[C@@H](N4CC6(CN(C(C)=O)C6)C4)CC5)c3F)c2Cl)cc2c1[C@H](N1CC3(CN(C(C)=O)C3)C1)CC2. The maximum atomic E-state index is 16.8. The lowest BCUT2D eigenvalue weighted by molar-refractivity contribution is -0.161. The van der Waals surface area contributed by atoms with Gasteiger partial charge in [-0.3, -0.25) is 19.4 Å². The fraction of sp³-hybridized carbons (Fsp3) is 0.455. The number of benzene rings is 2. The van der Waals surface area contributed by atoms with Crippen molar-refractivity contribution in [2.75, 3.05) is 66.6 Å². The number of nitrogens with zero attached hydrogens (tertiary/aromatic N) is 6. The third-order valence-electron chi connectivity index (χ3n) is 13.5. The summed E-state index contributed by atoms with van der Waals surface area (Å²) < 4.78 is 28.6. The van der Waals surface area contributed by atoms with Crippen molar-refractivity contribution >= 4 is 23.4 Å². The molecule has 56 heavy (non-hydrogen) atoms. The van der Waals surface area contributed by atoms with Gasteiger partial charge in [-0.1, -0.05) is 41.9 Å². The second kappa shape index (κ2) is 13.0. The summed E-state index contributed by atoms with van der Waals surface area (Å²) in [6, 6.07) is 15.6. The van der Waals surface area contributed by atoms with E-state index in [1.807, 2.05) is 40.1 Å². The number of carbonyl (C=O) groups is 2. The van der Waals surface area contributed by atoms with Crippen LogP contribution in [0.1, 0.15) is 61.0 Å². The van der Waals surface area contributed by atoms with Gasteiger partial charge in [0, 0.05) is 122 Å². The summed E-state index contributed by atoms with van der Waals surface area (Å²) in [6.45, 7) is 10.5. The van der Waals surface area contributed by atoms with Crippen LogP contribution in [-0.2, 0) is 22.4 Å². The third kappa shape index (κ3) is 5.48. The molecule has 2 amide bonds. The van der Waals surface area contributed by atoms with Crippen LogP contribution >= 0.6 is 11.6 Å². The van der Waals surface area contributed by atoms with Crippen molar-refractivity contribution in [3.05, 3.63) is 81.6 Å². The maximum absolute atomic E-state index is 16.8. The first-order valence-corrected chi connectivity index (χ1v) is 20.1. The predicted octanol–water partition coefficient (Wildman–Crippen LogP) is 6.59. The molecule has 10 rings (SSSR count). The van der Waals surface area contributed by atoms with Crippen molar-refractivity contribution in [3.63, 3.8) is 0 Å². The van der Waals surface area contributed by atoms with Gasteiger partial charge in [0.25, 0.3) is 0 Å².